The summed E-state index contributed by atoms with van der Waals surface area (Å²) in [4.78, 5) is 41.0. The van der Waals surface area contributed by atoms with Gasteiger partial charge in [0.05, 0.1) is 23.4 Å². The zero-order valence-electron chi connectivity index (χ0n) is 26.1. The summed E-state index contributed by atoms with van der Waals surface area (Å²) in [7, 11) is 0. The smallest absolute Gasteiger partial charge is 0.312 e. The van der Waals surface area contributed by atoms with Crippen molar-refractivity contribution in [3.8, 4) is 0 Å². The molecule has 2 amide bonds. The number of hydrogen-bond acceptors (Lipinski definition) is 4. The molecule has 45 heavy (non-hydrogen) atoms. The van der Waals surface area contributed by atoms with Gasteiger partial charge in [-0.3, -0.25) is 14.4 Å². The molecule has 1 atom stereocenters. The molecule has 0 aromatic heterocycles. The maximum atomic E-state index is 14.3. The van der Waals surface area contributed by atoms with E-state index in [1.165, 1.54) is 4.90 Å². The van der Waals surface area contributed by atoms with Gasteiger partial charge >= 0.3 is 5.97 Å². The van der Waals surface area contributed by atoms with Crippen LogP contribution in [0.15, 0.2) is 60.7 Å². The number of benzene rings is 3. The Bertz CT molecular complexity index is 1620. The Labute approximate surface area is 263 Å². The molecule has 6 rings (SSSR count). The highest BCUT2D eigenvalue weighted by Gasteiger charge is 2.52. The second-order valence-electron chi connectivity index (χ2n) is 14.0. The van der Waals surface area contributed by atoms with E-state index < -0.39 is 28.6 Å². The first kappa shape index (κ1) is 30.9. The van der Waals surface area contributed by atoms with Crippen molar-refractivity contribution in [2.75, 3.05) is 5.32 Å². The van der Waals surface area contributed by atoms with E-state index in [2.05, 4.69) is 5.32 Å². The summed E-state index contributed by atoms with van der Waals surface area (Å²) in [5.41, 5.74) is 2.27. The molecule has 3 aromatic rings. The summed E-state index contributed by atoms with van der Waals surface area (Å²) in [5.74, 6) is -2.17. The Morgan fingerprint density at radius 3 is 2.31 bits per heavy atom. The molecule has 3 aromatic carbocycles. The van der Waals surface area contributed by atoms with Crippen LogP contribution in [0.5, 0.6) is 0 Å². The Hall–Kier alpha value is -4.07. The number of fused-ring (bicyclic) bond motifs is 1. The second-order valence-corrected chi connectivity index (χ2v) is 14.0. The number of nitrogens with zero attached hydrogens (tertiary/aromatic N) is 1. The van der Waals surface area contributed by atoms with Crippen molar-refractivity contribution in [1.29, 1.82) is 0 Å². The van der Waals surface area contributed by atoms with E-state index in [0.29, 0.717) is 12.1 Å². The minimum absolute atomic E-state index is 0.0184. The predicted octanol–water partition coefficient (Wildman–Crippen LogP) is 7.70. The number of esters is 1. The molecule has 0 radical (unpaired) electrons. The molecule has 8 heteroatoms. The Balaban J connectivity index is 1.15. The third-order valence-electron chi connectivity index (χ3n) is 9.34. The molecular weight excluding hydrogens is 574 g/mol. The summed E-state index contributed by atoms with van der Waals surface area (Å²) >= 11 is 0. The average Bonchev–Trinajstić information content (AvgIpc) is 3.41. The lowest BCUT2D eigenvalue weighted by atomic mass is 9.83. The van der Waals surface area contributed by atoms with Gasteiger partial charge in [0, 0.05) is 17.8 Å². The molecule has 0 saturated heterocycles. The molecule has 0 spiro atoms. The summed E-state index contributed by atoms with van der Waals surface area (Å²) in [6.07, 6.45) is 6.27. The first-order valence-corrected chi connectivity index (χ1v) is 15.9. The number of ether oxygens (including phenoxy) is 1. The molecule has 0 bridgehead atoms. The molecule has 1 heterocycles. The minimum atomic E-state index is -0.708. The third-order valence-corrected chi connectivity index (χ3v) is 9.34. The largest absolute Gasteiger partial charge is 0.460 e. The van der Waals surface area contributed by atoms with Gasteiger partial charge in [0.25, 0.3) is 5.91 Å². The number of carbonyl (C=O) groups is 3. The number of amides is 2. The molecule has 3 aliphatic rings. The van der Waals surface area contributed by atoms with Gasteiger partial charge in [-0.25, -0.2) is 8.78 Å². The Morgan fingerprint density at radius 2 is 1.67 bits per heavy atom. The second kappa shape index (κ2) is 12.0. The molecule has 2 saturated carbocycles. The van der Waals surface area contributed by atoms with E-state index in [0.717, 1.165) is 67.3 Å². The maximum Gasteiger partial charge on any atom is 0.312 e. The van der Waals surface area contributed by atoms with E-state index in [4.69, 9.17) is 4.74 Å². The monoisotopic (exact) mass is 614 g/mol. The number of halogens is 2. The summed E-state index contributed by atoms with van der Waals surface area (Å²) in [6, 6.07) is 17.4. The van der Waals surface area contributed by atoms with Crippen LogP contribution in [0.25, 0.3) is 0 Å². The Morgan fingerprint density at radius 1 is 0.978 bits per heavy atom. The van der Waals surface area contributed by atoms with Gasteiger partial charge in [-0.05, 0) is 99.7 Å². The lowest BCUT2D eigenvalue weighted by Gasteiger charge is -2.25. The molecular formula is C37H40F2N2O4. The average molecular weight is 615 g/mol. The molecule has 2 aliphatic carbocycles. The topological polar surface area (TPSA) is 75.7 Å². The summed E-state index contributed by atoms with van der Waals surface area (Å²) in [5, 5.41) is 3.15. The molecule has 1 N–H and O–H groups in total. The molecule has 1 unspecified atom stereocenters. The summed E-state index contributed by atoms with van der Waals surface area (Å²) in [6.45, 7) is 5.87. The van der Waals surface area contributed by atoms with Crippen LogP contribution in [-0.2, 0) is 33.8 Å². The van der Waals surface area contributed by atoms with Gasteiger partial charge < -0.3 is 15.0 Å². The first-order valence-electron chi connectivity index (χ1n) is 15.9. The SMILES string of the molecule is CC(C)(C)OC(=O)C1(Cc2cccc(NC(=O)C(c3ccc(CN4Cc5c(F)ccc(F)c5C4=O)cc3)C3CCCC3)c2)CC1. The van der Waals surface area contributed by atoms with Crippen LogP contribution in [0.2, 0.25) is 0 Å². The van der Waals surface area contributed by atoms with Crippen molar-refractivity contribution >= 4 is 23.5 Å². The van der Waals surface area contributed by atoms with Crippen LogP contribution in [0, 0.1) is 23.0 Å². The van der Waals surface area contributed by atoms with E-state index >= 15 is 0 Å². The van der Waals surface area contributed by atoms with Crippen LogP contribution < -0.4 is 5.32 Å². The van der Waals surface area contributed by atoms with Crippen LogP contribution in [0.3, 0.4) is 0 Å². The van der Waals surface area contributed by atoms with E-state index in [1.54, 1.807) is 0 Å². The van der Waals surface area contributed by atoms with E-state index in [9.17, 15) is 23.2 Å². The maximum absolute atomic E-state index is 14.3. The third kappa shape index (κ3) is 6.65. The Kier molecular flexibility index (Phi) is 8.27. The van der Waals surface area contributed by atoms with Crippen molar-refractivity contribution in [3.05, 3.63) is 100 Å². The van der Waals surface area contributed by atoms with Gasteiger partial charge in [0.15, 0.2) is 0 Å². The highest BCUT2D eigenvalue weighted by Crippen LogP contribution is 2.50. The van der Waals surface area contributed by atoms with Gasteiger partial charge in [0.1, 0.15) is 17.2 Å². The quantitative estimate of drug-likeness (QED) is 0.251. The molecule has 1 aliphatic heterocycles. The van der Waals surface area contributed by atoms with Gasteiger partial charge in [0.2, 0.25) is 5.91 Å². The predicted molar refractivity (Wildman–Crippen MR) is 167 cm³/mol. The van der Waals surface area contributed by atoms with Gasteiger partial charge in [-0.2, -0.15) is 0 Å². The van der Waals surface area contributed by atoms with Crippen LogP contribution in [-0.4, -0.2) is 28.3 Å². The number of anilines is 1. The fraction of sp³-hybridized carbons (Fsp3) is 0.432. The number of rotatable bonds is 9. The highest BCUT2D eigenvalue weighted by molar-refractivity contribution is 5.98. The van der Waals surface area contributed by atoms with Crippen molar-refractivity contribution in [3.63, 3.8) is 0 Å². The molecule has 236 valence electrons. The number of nitrogens with one attached hydrogen (secondary N) is 1. The number of hydrogen-bond donors (Lipinski definition) is 1. The number of carbonyl (C=O) groups excluding carboxylic acids is 3. The highest BCUT2D eigenvalue weighted by atomic mass is 19.1. The van der Waals surface area contributed by atoms with Gasteiger partial charge in [-0.1, -0.05) is 49.2 Å². The van der Waals surface area contributed by atoms with Crippen molar-refractivity contribution in [2.45, 2.75) is 90.3 Å². The first-order chi connectivity index (χ1) is 21.4. The van der Waals surface area contributed by atoms with Crippen molar-refractivity contribution in [1.82, 2.24) is 4.90 Å². The standard InChI is InChI=1S/C37H40F2N2O4/c1-36(2,3)45-35(44)37(17-18-37)20-24-7-6-10-27(19-24)40-33(42)31(25-8-4-5-9-25)26-13-11-23(12-14-26)21-41-22-28-29(38)15-16-30(39)32(28)34(41)43/h6-7,10-16,19,25,31H,4-5,8-9,17-18,20-22H2,1-3H3,(H,40,42). The van der Waals surface area contributed by atoms with E-state index in [1.807, 2.05) is 69.3 Å². The van der Waals surface area contributed by atoms with Crippen LogP contribution in [0.4, 0.5) is 14.5 Å². The normalized spacial score (nSPS) is 18.1. The minimum Gasteiger partial charge on any atom is -0.460 e. The summed E-state index contributed by atoms with van der Waals surface area (Å²) < 4.78 is 34.2. The van der Waals surface area contributed by atoms with Crippen LogP contribution in [0.1, 0.15) is 97.8 Å². The zero-order valence-corrected chi connectivity index (χ0v) is 26.1. The van der Waals surface area contributed by atoms with Crippen LogP contribution >= 0.6 is 0 Å². The fourth-order valence-electron chi connectivity index (χ4n) is 6.87. The van der Waals surface area contributed by atoms with E-state index in [-0.39, 0.29) is 47.9 Å². The molecule has 6 nitrogen and oxygen atoms in total. The lowest BCUT2D eigenvalue weighted by molar-refractivity contribution is -0.161. The van der Waals surface area contributed by atoms with Crippen molar-refractivity contribution < 1.29 is 27.9 Å². The van der Waals surface area contributed by atoms with Crippen molar-refractivity contribution in [2.24, 2.45) is 11.3 Å². The molecule has 2 fully saturated rings. The lowest BCUT2D eigenvalue weighted by Crippen LogP contribution is -2.30. The fourth-order valence-corrected chi connectivity index (χ4v) is 6.87. The zero-order chi connectivity index (χ0) is 31.9. The van der Waals surface area contributed by atoms with Gasteiger partial charge in [-0.15, -0.1) is 0 Å².